The Morgan fingerprint density at radius 2 is 2.00 bits per heavy atom. The number of carbonyl (C=O) groups excluding carboxylic acids is 2. The van der Waals surface area contributed by atoms with Crippen LogP contribution >= 0.6 is 24.0 Å². The minimum Gasteiger partial charge on any atom is -0.352 e. The third-order valence-electron chi connectivity index (χ3n) is 2.67. The third-order valence-corrected chi connectivity index (χ3v) is 3.00. The van der Waals surface area contributed by atoms with Crippen molar-refractivity contribution in [3.8, 4) is 0 Å². The first-order chi connectivity index (χ1) is 9.45. The maximum atomic E-state index is 12.0. The fourth-order valence-electron chi connectivity index (χ4n) is 1.46. The second-order valence-corrected chi connectivity index (χ2v) is 5.14. The molecule has 4 N–H and O–H groups in total. The number of nitrogens with two attached hydrogens (primary N) is 1. The molecule has 0 aliphatic rings. The predicted octanol–water partition coefficient (Wildman–Crippen LogP) is 2.43. The van der Waals surface area contributed by atoms with Gasteiger partial charge < -0.3 is 16.4 Å². The monoisotopic (exact) mass is 333 g/mol. The van der Waals surface area contributed by atoms with E-state index in [0.717, 1.165) is 0 Å². The number of amides is 2. The van der Waals surface area contributed by atoms with E-state index in [4.69, 9.17) is 17.3 Å². The molecule has 0 radical (unpaired) electrons. The Balaban J connectivity index is 0.00000400. The predicted molar refractivity (Wildman–Crippen MR) is 88.2 cm³/mol. The first-order valence-corrected chi connectivity index (χ1v) is 6.92. The molecular weight excluding hydrogens is 313 g/mol. The average Bonchev–Trinajstić information content (AvgIpc) is 2.40. The van der Waals surface area contributed by atoms with E-state index in [1.165, 1.54) is 0 Å². The van der Waals surface area contributed by atoms with Gasteiger partial charge in [0.15, 0.2) is 0 Å². The Morgan fingerprint density at radius 3 is 2.57 bits per heavy atom. The number of hydrogen-bond acceptors (Lipinski definition) is 3. The largest absolute Gasteiger partial charge is 0.352 e. The highest BCUT2D eigenvalue weighted by Crippen LogP contribution is 2.21. The van der Waals surface area contributed by atoms with Gasteiger partial charge in [0.2, 0.25) is 5.91 Å². The first kappa shape index (κ1) is 19.7. The van der Waals surface area contributed by atoms with Crippen LogP contribution in [-0.4, -0.2) is 24.9 Å². The third kappa shape index (κ3) is 6.33. The van der Waals surface area contributed by atoms with Crippen molar-refractivity contribution < 1.29 is 9.59 Å². The summed E-state index contributed by atoms with van der Waals surface area (Å²) in [5.74, 6) is -0.515. The molecular formula is C14H21Cl2N3O2. The molecule has 5 nitrogen and oxygen atoms in total. The Kier molecular flexibility index (Phi) is 9.01. The molecule has 0 aromatic heterocycles. The minimum absolute atomic E-state index is 0. The molecule has 21 heavy (non-hydrogen) atoms. The van der Waals surface area contributed by atoms with Crippen molar-refractivity contribution in [3.05, 3.63) is 28.8 Å². The van der Waals surface area contributed by atoms with Gasteiger partial charge in [0.1, 0.15) is 0 Å². The summed E-state index contributed by atoms with van der Waals surface area (Å²) in [4.78, 5) is 23.6. The van der Waals surface area contributed by atoms with Crippen molar-refractivity contribution in [1.82, 2.24) is 5.32 Å². The number of carbonyl (C=O) groups is 2. The number of anilines is 1. The van der Waals surface area contributed by atoms with Crippen LogP contribution in [0.1, 0.15) is 30.6 Å². The molecule has 0 heterocycles. The normalized spacial score (nSPS) is 9.95. The van der Waals surface area contributed by atoms with Crippen LogP contribution in [0.15, 0.2) is 18.2 Å². The molecule has 1 aromatic carbocycles. The minimum atomic E-state index is -0.274. The lowest BCUT2D eigenvalue weighted by molar-refractivity contribution is -0.118. The maximum Gasteiger partial charge on any atom is 0.252 e. The van der Waals surface area contributed by atoms with Crippen molar-refractivity contribution in [2.45, 2.75) is 20.3 Å². The van der Waals surface area contributed by atoms with Gasteiger partial charge in [0, 0.05) is 18.2 Å². The van der Waals surface area contributed by atoms with Gasteiger partial charge in [0.05, 0.1) is 10.6 Å². The summed E-state index contributed by atoms with van der Waals surface area (Å²) in [5, 5.41) is 5.81. The van der Waals surface area contributed by atoms with E-state index < -0.39 is 0 Å². The van der Waals surface area contributed by atoms with E-state index in [1.807, 2.05) is 0 Å². The zero-order valence-electron chi connectivity index (χ0n) is 12.1. The molecule has 7 heteroatoms. The van der Waals surface area contributed by atoms with Gasteiger partial charge in [-0.05, 0) is 31.2 Å². The number of hydrogen-bond donors (Lipinski definition) is 3. The van der Waals surface area contributed by atoms with Crippen molar-refractivity contribution in [2.75, 3.05) is 18.4 Å². The number of benzene rings is 1. The fraction of sp³-hybridized carbons (Fsp3) is 0.429. The average molecular weight is 334 g/mol. The Hall–Kier alpha value is -1.30. The van der Waals surface area contributed by atoms with Gasteiger partial charge >= 0.3 is 0 Å². The van der Waals surface area contributed by atoms with E-state index in [9.17, 15) is 9.59 Å². The van der Waals surface area contributed by atoms with Crippen LogP contribution in [-0.2, 0) is 4.79 Å². The molecule has 0 fully saturated rings. The van der Waals surface area contributed by atoms with E-state index in [0.29, 0.717) is 35.8 Å². The summed E-state index contributed by atoms with van der Waals surface area (Å²) in [5.41, 5.74) is 6.26. The maximum absolute atomic E-state index is 12.0. The summed E-state index contributed by atoms with van der Waals surface area (Å²) in [6.45, 7) is 4.60. The van der Waals surface area contributed by atoms with Crippen LogP contribution in [0, 0.1) is 5.92 Å². The molecule has 118 valence electrons. The molecule has 0 saturated carbocycles. The first-order valence-electron chi connectivity index (χ1n) is 6.54. The quantitative estimate of drug-likeness (QED) is 0.699. The van der Waals surface area contributed by atoms with E-state index >= 15 is 0 Å². The van der Waals surface area contributed by atoms with E-state index in [2.05, 4.69) is 10.6 Å². The zero-order chi connectivity index (χ0) is 15.1. The van der Waals surface area contributed by atoms with Gasteiger partial charge in [-0.25, -0.2) is 0 Å². The van der Waals surface area contributed by atoms with Gasteiger partial charge in [-0.1, -0.05) is 25.4 Å². The van der Waals surface area contributed by atoms with Crippen LogP contribution < -0.4 is 16.4 Å². The van der Waals surface area contributed by atoms with Crippen molar-refractivity contribution in [1.29, 1.82) is 0 Å². The summed E-state index contributed by atoms with van der Waals surface area (Å²) in [6, 6.07) is 4.83. The van der Waals surface area contributed by atoms with Crippen LogP contribution in [0.5, 0.6) is 0 Å². The van der Waals surface area contributed by atoms with Crippen molar-refractivity contribution in [2.24, 2.45) is 11.7 Å². The fourth-order valence-corrected chi connectivity index (χ4v) is 1.67. The lowest BCUT2D eigenvalue weighted by Gasteiger charge is -2.11. The number of rotatable bonds is 6. The van der Waals surface area contributed by atoms with Gasteiger partial charge in [-0.2, -0.15) is 0 Å². The van der Waals surface area contributed by atoms with Gasteiger partial charge in [-0.15, -0.1) is 12.4 Å². The van der Waals surface area contributed by atoms with Gasteiger partial charge in [0.25, 0.3) is 5.91 Å². The summed E-state index contributed by atoms with van der Waals surface area (Å²) in [7, 11) is 0. The Labute approximate surface area is 136 Å². The molecule has 0 unspecified atom stereocenters. The number of nitrogens with one attached hydrogen (secondary N) is 2. The Morgan fingerprint density at radius 1 is 1.33 bits per heavy atom. The van der Waals surface area contributed by atoms with Gasteiger partial charge in [-0.3, -0.25) is 9.59 Å². The molecule has 0 bridgehead atoms. The van der Waals surface area contributed by atoms with Crippen molar-refractivity contribution >= 4 is 41.5 Å². The highest BCUT2D eigenvalue weighted by molar-refractivity contribution is 6.34. The SMILES string of the molecule is CC(C)C(=O)Nc1ccc(Cl)c(C(=O)NCCCN)c1.Cl. The molecule has 0 saturated heterocycles. The zero-order valence-corrected chi connectivity index (χ0v) is 13.7. The molecule has 0 atom stereocenters. The second kappa shape index (κ2) is 9.60. The van der Waals surface area contributed by atoms with Crippen LogP contribution in [0.3, 0.4) is 0 Å². The summed E-state index contributed by atoms with van der Waals surface area (Å²) >= 11 is 6.00. The van der Waals surface area contributed by atoms with E-state index in [-0.39, 0.29) is 30.1 Å². The lowest BCUT2D eigenvalue weighted by atomic mass is 10.1. The summed E-state index contributed by atoms with van der Waals surface area (Å²) in [6.07, 6.45) is 0.702. The molecule has 2 amide bonds. The molecule has 1 rings (SSSR count). The highest BCUT2D eigenvalue weighted by Gasteiger charge is 2.13. The molecule has 0 aliphatic carbocycles. The standard InChI is InChI=1S/C14H20ClN3O2.ClH/c1-9(2)13(19)18-10-4-5-12(15)11(8-10)14(20)17-7-3-6-16;/h4-5,8-9H,3,6-7,16H2,1-2H3,(H,17,20)(H,18,19);1H. The van der Waals surface area contributed by atoms with Crippen LogP contribution in [0.2, 0.25) is 5.02 Å². The molecule has 1 aromatic rings. The lowest BCUT2D eigenvalue weighted by Crippen LogP contribution is -2.26. The smallest absolute Gasteiger partial charge is 0.252 e. The van der Waals surface area contributed by atoms with Crippen LogP contribution in [0.25, 0.3) is 0 Å². The van der Waals surface area contributed by atoms with Crippen molar-refractivity contribution in [3.63, 3.8) is 0 Å². The molecule has 0 aliphatic heterocycles. The molecule has 0 spiro atoms. The summed E-state index contributed by atoms with van der Waals surface area (Å²) < 4.78 is 0. The second-order valence-electron chi connectivity index (χ2n) is 4.74. The highest BCUT2D eigenvalue weighted by atomic mass is 35.5. The number of halogens is 2. The van der Waals surface area contributed by atoms with Crippen LogP contribution in [0.4, 0.5) is 5.69 Å². The Bertz CT molecular complexity index is 493. The van der Waals surface area contributed by atoms with E-state index in [1.54, 1.807) is 32.0 Å². The topological polar surface area (TPSA) is 84.2 Å².